The smallest absolute Gasteiger partial charge is 0.322 e. The molecule has 210 valence electrons. The molecule has 0 heterocycles. The number of carbonyl (C=O) groups excluding carboxylic acids is 2. The van der Waals surface area contributed by atoms with Crippen LogP contribution in [-0.4, -0.2) is 36.1 Å². The van der Waals surface area contributed by atoms with Gasteiger partial charge >= 0.3 is 12.0 Å². The molecule has 7 nitrogen and oxygen atoms in total. The van der Waals surface area contributed by atoms with Gasteiger partial charge in [-0.2, -0.15) is 0 Å². The van der Waals surface area contributed by atoms with E-state index in [9.17, 15) is 14.4 Å². The monoisotopic (exact) mass is 561 g/mol. The first-order valence-electron chi connectivity index (χ1n) is 13.9. The number of nitrogens with zero attached hydrogens (tertiary/aromatic N) is 1. The first-order chi connectivity index (χ1) is 19.4. The molecule has 3 aromatic carbocycles. The summed E-state index contributed by atoms with van der Waals surface area (Å²) >= 11 is 5.98. The Morgan fingerprint density at radius 3 is 2.25 bits per heavy atom. The highest BCUT2D eigenvalue weighted by Gasteiger charge is 2.19. The highest BCUT2D eigenvalue weighted by Crippen LogP contribution is 2.32. The minimum atomic E-state index is -0.981. The topological polar surface area (TPSA) is 98.7 Å². The average Bonchev–Trinajstić information content (AvgIpc) is 2.97. The molecule has 0 bridgehead atoms. The molecular weight excluding hydrogens is 526 g/mol. The molecule has 8 heteroatoms. The third-order valence-corrected chi connectivity index (χ3v) is 7.54. The summed E-state index contributed by atoms with van der Waals surface area (Å²) in [6, 6.07) is 22.6. The van der Waals surface area contributed by atoms with Crippen molar-refractivity contribution in [3.05, 3.63) is 100 Å². The van der Waals surface area contributed by atoms with Crippen LogP contribution < -0.4 is 15.5 Å². The number of hydrogen-bond donors (Lipinski definition) is 3. The fourth-order valence-corrected chi connectivity index (χ4v) is 5.18. The maximum Gasteiger partial charge on any atom is 0.322 e. The Hall–Kier alpha value is -3.84. The number of amides is 3. The second-order valence-electron chi connectivity index (χ2n) is 10.2. The first-order valence-corrected chi connectivity index (χ1v) is 14.3. The number of halogens is 1. The van der Waals surface area contributed by atoms with Gasteiger partial charge in [-0.1, -0.05) is 73.3 Å². The Morgan fingerprint density at radius 1 is 0.850 bits per heavy atom. The quantitative estimate of drug-likeness (QED) is 0.247. The van der Waals surface area contributed by atoms with Crippen LogP contribution in [0.3, 0.4) is 0 Å². The molecule has 0 unspecified atom stereocenters. The van der Waals surface area contributed by atoms with Crippen LogP contribution in [0.2, 0.25) is 5.02 Å². The highest BCUT2D eigenvalue weighted by molar-refractivity contribution is 6.30. The molecular formula is C32H36ClN3O4. The van der Waals surface area contributed by atoms with Crippen molar-refractivity contribution in [3.63, 3.8) is 0 Å². The molecule has 1 saturated carbocycles. The van der Waals surface area contributed by atoms with Crippen molar-refractivity contribution in [1.29, 1.82) is 0 Å². The molecule has 1 aliphatic rings. The van der Waals surface area contributed by atoms with Crippen LogP contribution in [0.1, 0.15) is 71.5 Å². The fraction of sp³-hybridized carbons (Fsp3) is 0.344. The van der Waals surface area contributed by atoms with Crippen LogP contribution in [0.4, 0.5) is 10.5 Å². The van der Waals surface area contributed by atoms with E-state index in [2.05, 4.69) is 34.9 Å². The number of carboxylic acids is 1. The van der Waals surface area contributed by atoms with Crippen LogP contribution in [0, 0.1) is 0 Å². The van der Waals surface area contributed by atoms with Gasteiger partial charge in [0.25, 0.3) is 5.91 Å². The molecule has 3 aromatic rings. The molecule has 0 spiro atoms. The van der Waals surface area contributed by atoms with Gasteiger partial charge in [-0.3, -0.25) is 14.5 Å². The Bertz CT molecular complexity index is 1290. The number of aliphatic carboxylic acids is 1. The number of anilines is 1. The van der Waals surface area contributed by atoms with Gasteiger partial charge in [-0.25, -0.2) is 4.79 Å². The van der Waals surface area contributed by atoms with Gasteiger partial charge in [0.05, 0.1) is 13.0 Å². The molecule has 0 radical (unpaired) electrons. The van der Waals surface area contributed by atoms with Gasteiger partial charge in [0.2, 0.25) is 0 Å². The number of rotatable bonds is 11. The second kappa shape index (κ2) is 14.5. The predicted octanol–water partition coefficient (Wildman–Crippen LogP) is 6.55. The lowest BCUT2D eigenvalue weighted by Gasteiger charge is -2.25. The number of urea groups is 1. The summed E-state index contributed by atoms with van der Waals surface area (Å²) in [5, 5.41) is 15.2. The zero-order valence-electron chi connectivity index (χ0n) is 22.6. The summed E-state index contributed by atoms with van der Waals surface area (Å²) in [5.74, 6) is -0.764. The zero-order chi connectivity index (χ0) is 28.3. The van der Waals surface area contributed by atoms with Gasteiger partial charge in [-0.15, -0.1) is 0 Å². The number of hydrogen-bond acceptors (Lipinski definition) is 3. The van der Waals surface area contributed by atoms with Crippen molar-refractivity contribution in [3.8, 4) is 0 Å². The van der Waals surface area contributed by atoms with Gasteiger partial charge in [0.15, 0.2) is 0 Å². The molecule has 1 aliphatic carbocycles. The van der Waals surface area contributed by atoms with E-state index in [1.54, 1.807) is 29.2 Å². The fourth-order valence-electron chi connectivity index (χ4n) is 5.05. The van der Waals surface area contributed by atoms with E-state index < -0.39 is 5.97 Å². The Morgan fingerprint density at radius 2 is 1.55 bits per heavy atom. The normalized spacial score (nSPS) is 13.4. The molecule has 1 fully saturated rings. The van der Waals surface area contributed by atoms with Crippen LogP contribution in [-0.2, 0) is 17.8 Å². The maximum atomic E-state index is 13.5. The molecule has 40 heavy (non-hydrogen) atoms. The summed E-state index contributed by atoms with van der Waals surface area (Å²) in [6.07, 6.45) is 6.80. The summed E-state index contributed by atoms with van der Waals surface area (Å²) in [6.45, 7) is 0.801. The predicted molar refractivity (Wildman–Crippen MR) is 158 cm³/mol. The van der Waals surface area contributed by atoms with E-state index in [-0.39, 0.29) is 24.9 Å². The molecule has 0 aliphatic heterocycles. The average molecular weight is 562 g/mol. The van der Waals surface area contributed by atoms with Crippen molar-refractivity contribution in [2.24, 2.45) is 0 Å². The lowest BCUT2D eigenvalue weighted by Crippen LogP contribution is -2.40. The molecule has 4 rings (SSSR count). The van der Waals surface area contributed by atoms with Gasteiger partial charge < -0.3 is 15.7 Å². The lowest BCUT2D eigenvalue weighted by atomic mass is 9.84. The summed E-state index contributed by atoms with van der Waals surface area (Å²) in [5.41, 5.74) is 4.33. The number of carboxylic acid groups (broad SMARTS) is 1. The number of nitrogens with one attached hydrogen (secondary N) is 2. The highest BCUT2D eigenvalue weighted by atomic mass is 35.5. The SMILES string of the molecule is O=C(O)CCNC(=O)c1cccc(N(Cc2ccc(C3CCCCC3)cc2)C(=O)NCCc2ccc(Cl)cc2)c1. The van der Waals surface area contributed by atoms with Crippen LogP contribution in [0.25, 0.3) is 0 Å². The maximum absolute atomic E-state index is 13.5. The number of carbonyl (C=O) groups is 3. The molecule has 0 atom stereocenters. The summed E-state index contributed by atoms with van der Waals surface area (Å²) < 4.78 is 0. The van der Waals surface area contributed by atoms with Crippen LogP contribution in [0.5, 0.6) is 0 Å². The zero-order valence-corrected chi connectivity index (χ0v) is 23.3. The molecule has 3 amide bonds. The molecule has 0 aromatic heterocycles. The Balaban J connectivity index is 1.49. The van der Waals surface area contributed by atoms with Crippen molar-refractivity contribution in [1.82, 2.24) is 10.6 Å². The first kappa shape index (κ1) is 29.2. The van der Waals surface area contributed by atoms with E-state index >= 15 is 0 Å². The Labute approximate surface area is 240 Å². The van der Waals surface area contributed by atoms with Gasteiger partial charge in [-0.05, 0) is 72.2 Å². The minimum Gasteiger partial charge on any atom is -0.481 e. The Kier molecular flexibility index (Phi) is 10.6. The van der Waals surface area contributed by atoms with Gasteiger partial charge in [0, 0.05) is 29.4 Å². The minimum absolute atomic E-state index is 0.0284. The van der Waals surface area contributed by atoms with E-state index in [0.717, 1.165) is 11.1 Å². The lowest BCUT2D eigenvalue weighted by molar-refractivity contribution is -0.136. The second-order valence-corrected chi connectivity index (χ2v) is 10.7. The van der Waals surface area contributed by atoms with E-state index in [4.69, 9.17) is 16.7 Å². The largest absolute Gasteiger partial charge is 0.481 e. The van der Waals surface area contributed by atoms with E-state index in [0.29, 0.717) is 41.7 Å². The number of benzene rings is 3. The van der Waals surface area contributed by atoms with Crippen molar-refractivity contribution >= 4 is 35.2 Å². The van der Waals surface area contributed by atoms with Crippen LogP contribution >= 0.6 is 11.6 Å². The van der Waals surface area contributed by atoms with Gasteiger partial charge in [0.1, 0.15) is 0 Å². The van der Waals surface area contributed by atoms with Crippen molar-refractivity contribution in [2.75, 3.05) is 18.0 Å². The van der Waals surface area contributed by atoms with E-state index in [1.165, 1.54) is 37.7 Å². The molecule has 3 N–H and O–H groups in total. The summed E-state index contributed by atoms with van der Waals surface area (Å²) in [4.78, 5) is 38.5. The van der Waals surface area contributed by atoms with Crippen molar-refractivity contribution < 1.29 is 19.5 Å². The third kappa shape index (κ3) is 8.58. The molecule has 0 saturated heterocycles. The van der Waals surface area contributed by atoms with E-state index in [1.807, 2.05) is 24.3 Å². The summed E-state index contributed by atoms with van der Waals surface area (Å²) in [7, 11) is 0. The standard InChI is InChI=1S/C32H36ClN3O4/c33-28-15-11-23(12-16-28)17-19-35-32(40)36(22-24-9-13-26(14-10-24)25-5-2-1-3-6-25)29-8-4-7-27(21-29)31(39)34-20-18-30(37)38/h4,7-16,21,25H,1-3,5-6,17-20,22H2,(H,34,39)(H,35,40)(H,37,38). The van der Waals surface area contributed by atoms with Crippen LogP contribution in [0.15, 0.2) is 72.8 Å². The van der Waals surface area contributed by atoms with Crippen molar-refractivity contribution in [2.45, 2.75) is 57.4 Å². The third-order valence-electron chi connectivity index (χ3n) is 7.29.